The lowest BCUT2D eigenvalue weighted by molar-refractivity contribution is -0.134. The highest BCUT2D eigenvalue weighted by Gasteiger charge is 2.16. The predicted molar refractivity (Wildman–Crippen MR) is 70.9 cm³/mol. The molecule has 1 aromatic heterocycles. The van der Waals surface area contributed by atoms with Gasteiger partial charge < -0.3 is 16.4 Å². The Bertz CT molecular complexity index is 419. The number of nitrogens with zero attached hydrogens (tertiary/aromatic N) is 2. The van der Waals surface area contributed by atoms with Crippen LogP contribution in [0.3, 0.4) is 0 Å². The van der Waals surface area contributed by atoms with Gasteiger partial charge in [0.15, 0.2) is 5.13 Å². The minimum atomic E-state index is -0.503. The molecule has 0 aliphatic carbocycles. The summed E-state index contributed by atoms with van der Waals surface area (Å²) in [5.74, 6) is -0.648. The molecule has 0 spiro atoms. The molecule has 0 aliphatic heterocycles. The number of hydrogen-bond donors (Lipinski definition) is 2. The van der Waals surface area contributed by atoms with Crippen LogP contribution in [0.2, 0.25) is 0 Å². The quantitative estimate of drug-likeness (QED) is 0.747. The zero-order chi connectivity index (χ0) is 13.5. The number of carbonyl (C=O) groups excluding carboxylic acids is 2. The van der Waals surface area contributed by atoms with Crippen molar-refractivity contribution in [2.24, 2.45) is 5.73 Å². The summed E-state index contributed by atoms with van der Waals surface area (Å²) in [6.07, 6.45) is 1.95. The van der Waals surface area contributed by atoms with Crippen LogP contribution in [0, 0.1) is 0 Å². The lowest BCUT2D eigenvalue weighted by Crippen LogP contribution is -2.39. The van der Waals surface area contributed by atoms with Gasteiger partial charge in [-0.2, -0.15) is 0 Å². The Kier molecular flexibility index (Phi) is 5.57. The molecular weight excluding hydrogens is 252 g/mol. The van der Waals surface area contributed by atoms with Gasteiger partial charge in [-0.15, -0.1) is 11.3 Å². The maximum atomic E-state index is 12.0. The highest BCUT2D eigenvalue weighted by molar-refractivity contribution is 7.13. The molecule has 100 valence electrons. The van der Waals surface area contributed by atoms with E-state index in [1.165, 1.54) is 16.2 Å². The van der Waals surface area contributed by atoms with Crippen molar-refractivity contribution >= 4 is 28.3 Å². The van der Waals surface area contributed by atoms with E-state index in [1.807, 2.05) is 6.92 Å². The first-order valence-corrected chi connectivity index (χ1v) is 6.66. The highest BCUT2D eigenvalue weighted by Crippen LogP contribution is 2.12. The van der Waals surface area contributed by atoms with Gasteiger partial charge in [-0.25, -0.2) is 4.98 Å². The first kappa shape index (κ1) is 14.4. The number of anilines is 1. The van der Waals surface area contributed by atoms with Gasteiger partial charge in [0.2, 0.25) is 11.8 Å². The van der Waals surface area contributed by atoms with Crippen molar-refractivity contribution in [3.05, 3.63) is 11.1 Å². The van der Waals surface area contributed by atoms with Crippen LogP contribution in [0.1, 0.15) is 25.5 Å². The van der Waals surface area contributed by atoms with Gasteiger partial charge in [-0.1, -0.05) is 13.3 Å². The molecule has 0 unspecified atom stereocenters. The Labute approximate surface area is 110 Å². The number of unbranched alkanes of at least 4 members (excludes halogenated alkanes) is 1. The van der Waals surface area contributed by atoms with Crippen molar-refractivity contribution in [3.8, 4) is 0 Å². The molecule has 1 rings (SSSR count). The van der Waals surface area contributed by atoms with E-state index >= 15 is 0 Å². The summed E-state index contributed by atoms with van der Waals surface area (Å²) >= 11 is 1.29. The highest BCUT2D eigenvalue weighted by atomic mass is 32.1. The van der Waals surface area contributed by atoms with Gasteiger partial charge in [0.25, 0.3) is 0 Å². The summed E-state index contributed by atoms with van der Waals surface area (Å²) < 4.78 is 0. The minimum Gasteiger partial charge on any atom is -0.375 e. The second-order valence-corrected chi connectivity index (χ2v) is 4.88. The number of hydrogen-bond acceptors (Lipinski definition) is 5. The molecule has 0 radical (unpaired) electrons. The van der Waals surface area contributed by atoms with Crippen LogP contribution in [0.5, 0.6) is 0 Å². The minimum absolute atomic E-state index is 0.0432. The standard InChI is InChI=1S/C11H18N4O2S/c1-2-3-4-15(6-9(12)16)10(17)5-8-7-18-11(13)14-8/h7H,2-6H2,1H3,(H2,12,16)(H2,13,14). The third kappa shape index (κ3) is 4.70. The fourth-order valence-corrected chi connectivity index (χ4v) is 2.06. The summed E-state index contributed by atoms with van der Waals surface area (Å²) in [4.78, 5) is 28.4. The van der Waals surface area contributed by atoms with Gasteiger partial charge in [0, 0.05) is 11.9 Å². The zero-order valence-electron chi connectivity index (χ0n) is 10.4. The summed E-state index contributed by atoms with van der Waals surface area (Å²) in [7, 11) is 0. The molecule has 0 aromatic carbocycles. The second kappa shape index (κ2) is 6.95. The molecule has 6 nitrogen and oxygen atoms in total. The van der Waals surface area contributed by atoms with Gasteiger partial charge in [0.05, 0.1) is 18.7 Å². The fourth-order valence-electron chi connectivity index (χ4n) is 1.50. The number of carbonyl (C=O) groups is 2. The van der Waals surface area contributed by atoms with Gasteiger partial charge in [-0.3, -0.25) is 9.59 Å². The number of nitrogen functional groups attached to an aromatic ring is 1. The third-order valence-electron chi connectivity index (χ3n) is 2.38. The number of aromatic nitrogens is 1. The van der Waals surface area contributed by atoms with Crippen LogP contribution >= 0.6 is 11.3 Å². The van der Waals surface area contributed by atoms with E-state index < -0.39 is 5.91 Å². The third-order valence-corrected chi connectivity index (χ3v) is 3.11. The zero-order valence-corrected chi connectivity index (χ0v) is 11.2. The Morgan fingerprint density at radius 2 is 2.22 bits per heavy atom. The maximum Gasteiger partial charge on any atom is 0.237 e. The van der Waals surface area contributed by atoms with E-state index in [4.69, 9.17) is 11.5 Å². The van der Waals surface area contributed by atoms with Crippen LogP contribution in [0.15, 0.2) is 5.38 Å². The molecule has 1 heterocycles. The van der Waals surface area contributed by atoms with Gasteiger partial charge >= 0.3 is 0 Å². The van der Waals surface area contributed by atoms with Crippen LogP contribution < -0.4 is 11.5 Å². The number of nitrogens with two attached hydrogens (primary N) is 2. The molecule has 0 aliphatic rings. The monoisotopic (exact) mass is 270 g/mol. The normalized spacial score (nSPS) is 10.3. The van der Waals surface area contributed by atoms with Gasteiger partial charge in [-0.05, 0) is 6.42 Å². The molecule has 0 bridgehead atoms. The van der Waals surface area contributed by atoms with Crippen molar-refractivity contribution < 1.29 is 9.59 Å². The van der Waals surface area contributed by atoms with E-state index in [0.717, 1.165) is 12.8 Å². The first-order valence-electron chi connectivity index (χ1n) is 5.79. The largest absolute Gasteiger partial charge is 0.375 e. The summed E-state index contributed by atoms with van der Waals surface area (Å²) in [5.41, 5.74) is 11.3. The van der Waals surface area contributed by atoms with Crippen molar-refractivity contribution in [1.82, 2.24) is 9.88 Å². The molecule has 0 saturated carbocycles. The Morgan fingerprint density at radius 3 is 2.72 bits per heavy atom. The molecule has 0 saturated heterocycles. The van der Waals surface area contributed by atoms with Crippen molar-refractivity contribution in [2.45, 2.75) is 26.2 Å². The average molecular weight is 270 g/mol. The second-order valence-electron chi connectivity index (χ2n) is 3.99. The van der Waals surface area contributed by atoms with Crippen LogP contribution in [0.25, 0.3) is 0 Å². The summed E-state index contributed by atoms with van der Waals surface area (Å²) in [6, 6.07) is 0. The predicted octanol–water partition coefficient (Wildman–Crippen LogP) is 0.382. The number of rotatable bonds is 7. The molecule has 2 amide bonds. The Hall–Kier alpha value is -1.63. The number of thiazole rings is 1. The first-order chi connectivity index (χ1) is 8.52. The van der Waals surface area contributed by atoms with Crippen molar-refractivity contribution in [1.29, 1.82) is 0 Å². The van der Waals surface area contributed by atoms with Crippen molar-refractivity contribution in [2.75, 3.05) is 18.8 Å². The molecule has 0 fully saturated rings. The average Bonchev–Trinajstić information content (AvgIpc) is 2.69. The molecule has 4 N–H and O–H groups in total. The SMILES string of the molecule is CCCCN(CC(N)=O)C(=O)Cc1csc(N)n1. The van der Waals surface area contributed by atoms with Crippen LogP contribution in [0.4, 0.5) is 5.13 Å². The topological polar surface area (TPSA) is 102 Å². The van der Waals surface area contributed by atoms with Crippen LogP contribution in [-0.4, -0.2) is 34.8 Å². The lowest BCUT2D eigenvalue weighted by Gasteiger charge is -2.20. The molecule has 18 heavy (non-hydrogen) atoms. The smallest absolute Gasteiger partial charge is 0.237 e. The lowest BCUT2D eigenvalue weighted by atomic mass is 10.2. The fraction of sp³-hybridized carbons (Fsp3) is 0.545. The number of amides is 2. The van der Waals surface area contributed by atoms with Crippen LogP contribution in [-0.2, 0) is 16.0 Å². The maximum absolute atomic E-state index is 12.0. The molecule has 7 heteroatoms. The summed E-state index contributed by atoms with van der Waals surface area (Å²) in [5, 5.41) is 2.18. The Balaban J connectivity index is 2.60. The van der Waals surface area contributed by atoms with E-state index in [-0.39, 0.29) is 18.9 Å². The Morgan fingerprint density at radius 1 is 1.50 bits per heavy atom. The van der Waals surface area contributed by atoms with Crippen molar-refractivity contribution in [3.63, 3.8) is 0 Å². The van der Waals surface area contributed by atoms with Gasteiger partial charge in [0.1, 0.15) is 0 Å². The summed E-state index contributed by atoms with van der Waals surface area (Å²) in [6.45, 7) is 2.52. The van der Waals surface area contributed by atoms with E-state index in [1.54, 1.807) is 5.38 Å². The molecular formula is C11H18N4O2S. The molecule has 1 aromatic rings. The number of primary amides is 1. The van der Waals surface area contributed by atoms with E-state index in [9.17, 15) is 9.59 Å². The van der Waals surface area contributed by atoms with E-state index in [0.29, 0.717) is 17.4 Å². The molecule has 0 atom stereocenters. The van der Waals surface area contributed by atoms with E-state index in [2.05, 4.69) is 4.98 Å².